The smallest absolute Gasteiger partial charge is 0.193 e. The van der Waals surface area contributed by atoms with Crippen molar-refractivity contribution in [2.24, 2.45) is 10.9 Å². The maximum atomic E-state index is 4.62. The standard InChI is InChI=1S/C17H29N5S/c1-3-16-20-15(13-23-16)10-19-17(18-2)22-9-6-14(12-22)11-21-7-4-5-8-21/h13-14H,3-12H2,1-2H3,(H,18,19). The monoisotopic (exact) mass is 335 g/mol. The molecule has 2 saturated heterocycles. The molecule has 128 valence electrons. The van der Waals surface area contributed by atoms with Crippen LogP contribution in [0.4, 0.5) is 0 Å². The Kier molecular flexibility index (Phi) is 5.89. The van der Waals surface area contributed by atoms with Crippen LogP contribution in [0.3, 0.4) is 0 Å². The van der Waals surface area contributed by atoms with Crippen molar-refractivity contribution in [3.63, 3.8) is 0 Å². The summed E-state index contributed by atoms with van der Waals surface area (Å²) < 4.78 is 0. The molecule has 5 nitrogen and oxygen atoms in total. The van der Waals surface area contributed by atoms with E-state index in [2.05, 4.69) is 37.4 Å². The van der Waals surface area contributed by atoms with E-state index in [0.717, 1.165) is 43.6 Å². The number of likely N-dealkylation sites (tertiary alicyclic amines) is 2. The van der Waals surface area contributed by atoms with Crippen LogP contribution in [-0.4, -0.2) is 60.5 Å². The van der Waals surface area contributed by atoms with Gasteiger partial charge in [-0.15, -0.1) is 11.3 Å². The molecule has 1 aromatic heterocycles. The highest BCUT2D eigenvalue weighted by Crippen LogP contribution is 2.20. The first kappa shape index (κ1) is 16.7. The average Bonchev–Trinajstić information content (AvgIpc) is 3.30. The van der Waals surface area contributed by atoms with E-state index in [1.807, 2.05) is 7.05 Å². The van der Waals surface area contributed by atoms with E-state index in [1.54, 1.807) is 11.3 Å². The Hall–Kier alpha value is -1.14. The Labute approximate surface area is 143 Å². The average molecular weight is 336 g/mol. The summed E-state index contributed by atoms with van der Waals surface area (Å²) in [4.78, 5) is 14.1. The molecule has 1 atom stereocenters. The van der Waals surface area contributed by atoms with Crippen molar-refractivity contribution >= 4 is 17.3 Å². The van der Waals surface area contributed by atoms with Gasteiger partial charge >= 0.3 is 0 Å². The molecule has 0 saturated carbocycles. The van der Waals surface area contributed by atoms with Crippen molar-refractivity contribution in [2.45, 2.75) is 39.2 Å². The van der Waals surface area contributed by atoms with Gasteiger partial charge in [-0.2, -0.15) is 0 Å². The van der Waals surface area contributed by atoms with Crippen molar-refractivity contribution in [3.8, 4) is 0 Å². The molecular formula is C17H29N5S. The number of aliphatic imine (C=N–C) groups is 1. The molecule has 0 spiro atoms. The lowest BCUT2D eigenvalue weighted by Crippen LogP contribution is -2.40. The van der Waals surface area contributed by atoms with Crippen molar-refractivity contribution in [1.82, 2.24) is 20.1 Å². The summed E-state index contributed by atoms with van der Waals surface area (Å²) in [7, 11) is 1.88. The molecule has 0 aliphatic carbocycles. The van der Waals surface area contributed by atoms with Crippen LogP contribution in [0, 0.1) is 5.92 Å². The summed E-state index contributed by atoms with van der Waals surface area (Å²) in [5.74, 6) is 1.82. The maximum absolute atomic E-state index is 4.62. The van der Waals surface area contributed by atoms with Gasteiger partial charge in [0, 0.05) is 32.1 Å². The topological polar surface area (TPSA) is 43.8 Å². The minimum absolute atomic E-state index is 0.774. The molecule has 3 rings (SSSR count). The number of guanidine groups is 1. The van der Waals surface area contributed by atoms with E-state index in [9.17, 15) is 0 Å². The molecule has 6 heteroatoms. The zero-order chi connectivity index (χ0) is 16.1. The van der Waals surface area contributed by atoms with Gasteiger partial charge in [-0.25, -0.2) is 4.98 Å². The lowest BCUT2D eigenvalue weighted by atomic mass is 10.1. The van der Waals surface area contributed by atoms with E-state index in [1.165, 1.54) is 43.9 Å². The van der Waals surface area contributed by atoms with Gasteiger partial charge in [0.25, 0.3) is 0 Å². The number of nitrogens with zero attached hydrogens (tertiary/aromatic N) is 4. The molecular weight excluding hydrogens is 306 g/mol. The second-order valence-electron chi connectivity index (χ2n) is 6.60. The van der Waals surface area contributed by atoms with Crippen LogP contribution in [-0.2, 0) is 13.0 Å². The molecule has 23 heavy (non-hydrogen) atoms. The first-order valence-corrected chi connectivity index (χ1v) is 9.77. The SMILES string of the molecule is CCc1nc(CNC(=NC)N2CCC(CN3CCCC3)C2)cs1. The lowest BCUT2D eigenvalue weighted by Gasteiger charge is -2.23. The molecule has 3 heterocycles. The number of hydrogen-bond acceptors (Lipinski definition) is 4. The molecule has 1 N–H and O–H groups in total. The Bertz CT molecular complexity index is 521. The lowest BCUT2D eigenvalue weighted by molar-refractivity contribution is 0.281. The summed E-state index contributed by atoms with van der Waals surface area (Å²) in [6, 6.07) is 0. The van der Waals surface area contributed by atoms with Gasteiger partial charge in [0.2, 0.25) is 0 Å². The number of aryl methyl sites for hydroxylation is 1. The maximum Gasteiger partial charge on any atom is 0.193 e. The molecule has 0 amide bonds. The second-order valence-corrected chi connectivity index (χ2v) is 7.54. The van der Waals surface area contributed by atoms with Gasteiger partial charge in [-0.3, -0.25) is 4.99 Å². The van der Waals surface area contributed by atoms with Gasteiger partial charge in [-0.1, -0.05) is 6.92 Å². The highest BCUT2D eigenvalue weighted by Gasteiger charge is 2.27. The molecule has 1 aromatic rings. The summed E-state index contributed by atoms with van der Waals surface area (Å²) in [5.41, 5.74) is 1.13. The number of hydrogen-bond donors (Lipinski definition) is 1. The van der Waals surface area contributed by atoms with Gasteiger partial charge in [0.1, 0.15) is 0 Å². The van der Waals surface area contributed by atoms with Gasteiger partial charge in [-0.05, 0) is 44.7 Å². The summed E-state index contributed by atoms with van der Waals surface area (Å²) in [5, 5.41) is 6.85. The van der Waals surface area contributed by atoms with Crippen LogP contribution < -0.4 is 5.32 Å². The third-order valence-electron chi connectivity index (χ3n) is 4.84. The minimum Gasteiger partial charge on any atom is -0.351 e. The van der Waals surface area contributed by atoms with Crippen molar-refractivity contribution < 1.29 is 0 Å². The van der Waals surface area contributed by atoms with Gasteiger partial charge in [0.15, 0.2) is 5.96 Å². The Morgan fingerprint density at radius 1 is 1.39 bits per heavy atom. The fourth-order valence-electron chi connectivity index (χ4n) is 3.60. The van der Waals surface area contributed by atoms with Crippen molar-refractivity contribution in [2.75, 3.05) is 39.8 Å². The molecule has 0 aromatic carbocycles. The predicted octanol–water partition coefficient (Wildman–Crippen LogP) is 2.20. The fourth-order valence-corrected chi connectivity index (χ4v) is 4.34. The third kappa shape index (κ3) is 4.44. The van der Waals surface area contributed by atoms with Crippen LogP contribution in [0.15, 0.2) is 10.4 Å². The first-order valence-electron chi connectivity index (χ1n) is 8.89. The van der Waals surface area contributed by atoms with E-state index in [4.69, 9.17) is 0 Å². The van der Waals surface area contributed by atoms with Crippen LogP contribution in [0.1, 0.15) is 36.9 Å². The zero-order valence-corrected chi connectivity index (χ0v) is 15.2. The molecule has 2 aliphatic heterocycles. The molecule has 0 bridgehead atoms. The molecule has 2 fully saturated rings. The molecule has 1 unspecified atom stereocenters. The minimum atomic E-state index is 0.774. The quantitative estimate of drug-likeness (QED) is 0.662. The Morgan fingerprint density at radius 3 is 2.91 bits per heavy atom. The Balaban J connectivity index is 1.46. The molecule has 0 radical (unpaired) electrons. The summed E-state index contributed by atoms with van der Waals surface area (Å²) in [6.07, 6.45) is 5.07. The number of thiazole rings is 1. The first-order chi connectivity index (χ1) is 11.3. The van der Waals surface area contributed by atoms with Crippen molar-refractivity contribution in [1.29, 1.82) is 0 Å². The van der Waals surface area contributed by atoms with E-state index in [-0.39, 0.29) is 0 Å². The molecule has 2 aliphatic rings. The van der Waals surface area contributed by atoms with E-state index in [0.29, 0.717) is 0 Å². The summed E-state index contributed by atoms with van der Waals surface area (Å²) >= 11 is 1.75. The highest BCUT2D eigenvalue weighted by molar-refractivity contribution is 7.09. The number of aromatic nitrogens is 1. The highest BCUT2D eigenvalue weighted by atomic mass is 32.1. The number of nitrogens with one attached hydrogen (secondary N) is 1. The fraction of sp³-hybridized carbons (Fsp3) is 0.765. The Morgan fingerprint density at radius 2 is 2.22 bits per heavy atom. The van der Waals surface area contributed by atoms with E-state index >= 15 is 0 Å². The number of rotatable bonds is 5. The van der Waals surface area contributed by atoms with Gasteiger partial charge < -0.3 is 15.1 Å². The largest absolute Gasteiger partial charge is 0.351 e. The van der Waals surface area contributed by atoms with Crippen LogP contribution in [0.5, 0.6) is 0 Å². The van der Waals surface area contributed by atoms with Crippen LogP contribution in [0.2, 0.25) is 0 Å². The van der Waals surface area contributed by atoms with E-state index < -0.39 is 0 Å². The third-order valence-corrected chi connectivity index (χ3v) is 5.88. The summed E-state index contributed by atoms with van der Waals surface area (Å²) in [6.45, 7) is 9.04. The van der Waals surface area contributed by atoms with Crippen LogP contribution in [0.25, 0.3) is 0 Å². The van der Waals surface area contributed by atoms with Crippen molar-refractivity contribution in [3.05, 3.63) is 16.1 Å². The van der Waals surface area contributed by atoms with Crippen LogP contribution >= 0.6 is 11.3 Å². The normalized spacial score (nSPS) is 23.0. The predicted molar refractivity (Wildman–Crippen MR) is 97.0 cm³/mol. The van der Waals surface area contributed by atoms with Gasteiger partial charge in [0.05, 0.1) is 17.2 Å². The second kappa shape index (κ2) is 8.11. The zero-order valence-electron chi connectivity index (χ0n) is 14.4.